The van der Waals surface area contributed by atoms with E-state index in [1.54, 1.807) is 24.3 Å². The largest absolute Gasteiger partial charge is 0.549 e. The molecule has 1 amide bonds. The lowest BCUT2D eigenvalue weighted by Crippen LogP contribution is -2.30. The van der Waals surface area contributed by atoms with Gasteiger partial charge >= 0.3 is 8.03 Å². The van der Waals surface area contributed by atoms with Gasteiger partial charge < -0.3 is 5.32 Å². The van der Waals surface area contributed by atoms with E-state index in [4.69, 9.17) is 4.52 Å². The van der Waals surface area contributed by atoms with E-state index in [-0.39, 0.29) is 5.91 Å². The molecule has 0 saturated heterocycles. The summed E-state index contributed by atoms with van der Waals surface area (Å²) in [6, 6.07) is 28.0. The number of aryl methyl sites for hydroxylation is 1. The van der Waals surface area contributed by atoms with E-state index in [9.17, 15) is 9.36 Å². The van der Waals surface area contributed by atoms with Crippen LogP contribution in [0.2, 0.25) is 0 Å². The predicted octanol–water partition coefficient (Wildman–Crippen LogP) is 4.71. The van der Waals surface area contributed by atoms with Crippen molar-refractivity contribution in [2.24, 2.45) is 0 Å². The van der Waals surface area contributed by atoms with Crippen LogP contribution in [-0.4, -0.2) is 12.0 Å². The van der Waals surface area contributed by atoms with Crippen LogP contribution in [-0.2, 0) is 20.3 Å². The molecule has 0 saturated carbocycles. The molecule has 0 aliphatic rings. The van der Waals surface area contributed by atoms with E-state index >= 15 is 0 Å². The third-order valence-corrected chi connectivity index (χ3v) is 5.23. The van der Waals surface area contributed by atoms with Crippen molar-refractivity contribution in [3.05, 3.63) is 96.6 Å². The number of carbonyl (C=O) groups is 1. The monoisotopic (exact) mass is 378 g/mol. The number of amides is 1. The molecule has 27 heavy (non-hydrogen) atoms. The minimum absolute atomic E-state index is 0.295. The number of nitrogens with one attached hydrogen (secondary N) is 1. The van der Waals surface area contributed by atoms with Gasteiger partial charge in [-0.3, -0.25) is 4.79 Å². The molecular formula is C22H21NO3P+. The van der Waals surface area contributed by atoms with Crippen LogP contribution in [0.3, 0.4) is 0 Å². The molecule has 5 heteroatoms. The molecular weight excluding hydrogens is 357 g/mol. The van der Waals surface area contributed by atoms with Gasteiger partial charge in [0.25, 0.3) is 5.91 Å². The van der Waals surface area contributed by atoms with Crippen molar-refractivity contribution >= 4 is 24.9 Å². The first-order chi connectivity index (χ1) is 13.2. The molecule has 0 radical (unpaired) electrons. The van der Waals surface area contributed by atoms with Gasteiger partial charge in [-0.25, -0.2) is 0 Å². The summed E-state index contributed by atoms with van der Waals surface area (Å²) in [6.07, 6.45) is 0.289. The molecule has 0 aliphatic carbocycles. The maximum atomic E-state index is 12.7. The van der Waals surface area contributed by atoms with Crippen LogP contribution >= 0.6 is 8.03 Å². The molecule has 0 aliphatic heterocycles. The van der Waals surface area contributed by atoms with Crippen LogP contribution in [0.4, 0.5) is 5.69 Å². The molecule has 0 aromatic heterocycles. The Morgan fingerprint density at radius 1 is 0.852 bits per heavy atom. The Kier molecular flexibility index (Phi) is 6.86. The van der Waals surface area contributed by atoms with Crippen LogP contribution < -0.4 is 10.6 Å². The Hall–Kier alpha value is -2.81. The smallest absolute Gasteiger partial charge is 0.324 e. The molecule has 3 rings (SSSR count). The third-order valence-electron chi connectivity index (χ3n) is 4.06. The molecule has 0 spiro atoms. The van der Waals surface area contributed by atoms with E-state index in [0.29, 0.717) is 23.8 Å². The van der Waals surface area contributed by atoms with Gasteiger partial charge in [0.15, 0.2) is 6.10 Å². The highest BCUT2D eigenvalue weighted by atomic mass is 31.1. The molecule has 3 aromatic carbocycles. The van der Waals surface area contributed by atoms with Crippen LogP contribution in [0.1, 0.15) is 12.0 Å². The molecule has 3 aromatic rings. The Balaban J connectivity index is 1.71. The summed E-state index contributed by atoms with van der Waals surface area (Å²) < 4.78 is 18.3. The number of benzene rings is 3. The molecule has 0 bridgehead atoms. The summed E-state index contributed by atoms with van der Waals surface area (Å²) in [7, 11) is -2.11. The average Bonchev–Trinajstić information content (AvgIpc) is 2.73. The van der Waals surface area contributed by atoms with E-state index < -0.39 is 14.1 Å². The Labute approximate surface area is 160 Å². The summed E-state index contributed by atoms with van der Waals surface area (Å²) >= 11 is 0. The van der Waals surface area contributed by atoms with Gasteiger partial charge in [0.1, 0.15) is 0 Å². The van der Waals surface area contributed by atoms with Crippen molar-refractivity contribution in [1.82, 2.24) is 0 Å². The van der Waals surface area contributed by atoms with Crippen molar-refractivity contribution in [3.63, 3.8) is 0 Å². The van der Waals surface area contributed by atoms with Crippen LogP contribution in [0.5, 0.6) is 0 Å². The highest BCUT2D eigenvalue weighted by Gasteiger charge is 2.32. The van der Waals surface area contributed by atoms with Crippen LogP contribution in [0, 0.1) is 0 Å². The maximum absolute atomic E-state index is 12.7. The molecule has 0 fully saturated rings. The second-order valence-electron chi connectivity index (χ2n) is 6.07. The number of anilines is 1. The Morgan fingerprint density at radius 2 is 1.41 bits per heavy atom. The van der Waals surface area contributed by atoms with E-state index in [2.05, 4.69) is 5.32 Å². The van der Waals surface area contributed by atoms with Crippen molar-refractivity contribution in [3.8, 4) is 0 Å². The molecule has 136 valence electrons. The summed E-state index contributed by atoms with van der Waals surface area (Å²) in [4.78, 5) is 12.7. The van der Waals surface area contributed by atoms with Crippen molar-refractivity contribution in [2.45, 2.75) is 18.9 Å². The number of hydrogen-bond acceptors (Lipinski definition) is 3. The fourth-order valence-corrected chi connectivity index (χ4v) is 3.61. The van der Waals surface area contributed by atoms with Crippen molar-refractivity contribution in [1.29, 1.82) is 0 Å². The van der Waals surface area contributed by atoms with Gasteiger partial charge in [-0.15, -0.1) is 4.52 Å². The maximum Gasteiger partial charge on any atom is 0.549 e. The summed E-state index contributed by atoms with van der Waals surface area (Å²) in [6.45, 7) is 0. The second-order valence-corrected chi connectivity index (χ2v) is 7.31. The minimum Gasteiger partial charge on any atom is -0.324 e. The number of hydrogen-bond donors (Lipinski definition) is 1. The van der Waals surface area contributed by atoms with Crippen molar-refractivity contribution < 1.29 is 13.9 Å². The van der Waals surface area contributed by atoms with Crippen LogP contribution in [0.25, 0.3) is 0 Å². The standard InChI is InChI=1S/C22H20NO3P/c24-22(23-19-12-6-2-7-13-19)21(17-16-18-10-4-1-5-11-18)26-27(25)20-14-8-3-9-15-20/h1-15,21H,16-17H2/p+1. The Bertz CT molecular complexity index is 870. The summed E-state index contributed by atoms with van der Waals surface area (Å²) in [5.41, 5.74) is 1.79. The lowest BCUT2D eigenvalue weighted by Gasteiger charge is -2.12. The Morgan fingerprint density at radius 3 is 2.04 bits per heavy atom. The first-order valence-corrected chi connectivity index (χ1v) is 9.99. The van der Waals surface area contributed by atoms with Gasteiger partial charge in [-0.1, -0.05) is 66.7 Å². The second kappa shape index (κ2) is 9.77. The van der Waals surface area contributed by atoms with Crippen LogP contribution in [0.15, 0.2) is 91.0 Å². The first-order valence-electron chi connectivity index (χ1n) is 8.81. The third kappa shape index (κ3) is 5.85. The van der Waals surface area contributed by atoms with Gasteiger partial charge in [0.2, 0.25) is 5.30 Å². The number of carbonyl (C=O) groups excluding carboxylic acids is 1. The zero-order valence-electron chi connectivity index (χ0n) is 14.8. The highest BCUT2D eigenvalue weighted by molar-refractivity contribution is 7.48. The highest BCUT2D eigenvalue weighted by Crippen LogP contribution is 2.26. The number of rotatable bonds is 8. The molecule has 2 atom stereocenters. The first kappa shape index (κ1) is 19.0. The predicted molar refractivity (Wildman–Crippen MR) is 108 cm³/mol. The van der Waals surface area contributed by atoms with Gasteiger partial charge in [0.05, 0.1) is 0 Å². The van der Waals surface area contributed by atoms with Gasteiger partial charge in [-0.05, 0) is 47.2 Å². The molecule has 0 heterocycles. The van der Waals surface area contributed by atoms with E-state index in [0.717, 1.165) is 5.56 Å². The topological polar surface area (TPSA) is 55.4 Å². The normalized spacial score (nSPS) is 12.2. The summed E-state index contributed by atoms with van der Waals surface area (Å²) in [5.74, 6) is -0.295. The lowest BCUT2D eigenvalue weighted by atomic mass is 10.1. The minimum atomic E-state index is -2.11. The lowest BCUT2D eigenvalue weighted by molar-refractivity contribution is -0.122. The zero-order chi connectivity index (χ0) is 18.9. The molecule has 4 nitrogen and oxygen atoms in total. The van der Waals surface area contributed by atoms with Gasteiger partial charge in [0, 0.05) is 5.69 Å². The number of para-hydroxylation sites is 1. The fourth-order valence-electron chi connectivity index (χ4n) is 2.64. The quantitative estimate of drug-likeness (QED) is 0.578. The molecule has 2 unspecified atom stereocenters. The van der Waals surface area contributed by atoms with E-state index in [1.807, 2.05) is 66.7 Å². The average molecular weight is 378 g/mol. The fraction of sp³-hybridized carbons (Fsp3) is 0.136. The van der Waals surface area contributed by atoms with E-state index in [1.165, 1.54) is 0 Å². The summed E-state index contributed by atoms with van der Waals surface area (Å²) in [5, 5.41) is 3.42. The molecule has 1 N–H and O–H groups in total. The van der Waals surface area contributed by atoms with Crippen molar-refractivity contribution in [2.75, 3.05) is 5.32 Å². The zero-order valence-corrected chi connectivity index (χ0v) is 15.7. The van der Waals surface area contributed by atoms with Gasteiger partial charge in [-0.2, -0.15) is 0 Å². The SMILES string of the molecule is O=C(Nc1ccccc1)C(CCc1ccccc1)O[P+](=O)c1ccccc1.